The summed E-state index contributed by atoms with van der Waals surface area (Å²) in [5, 5.41) is 9.09. The zero-order chi connectivity index (χ0) is 27.4. The average molecular weight is 595 g/mol. The average Bonchev–Trinajstić information content (AvgIpc) is 3.26. The summed E-state index contributed by atoms with van der Waals surface area (Å²) in [5.41, 5.74) is 2.20. The maximum absolute atomic E-state index is 14.3. The minimum atomic E-state index is -0.762. The maximum atomic E-state index is 14.3. The Bertz CT molecular complexity index is 1490. The summed E-state index contributed by atoms with van der Waals surface area (Å²) >= 11 is 12.3. The Hall–Kier alpha value is -3.37. The summed E-state index contributed by atoms with van der Waals surface area (Å²) in [7, 11) is 0. The number of halogens is 4. The van der Waals surface area contributed by atoms with Crippen molar-refractivity contribution in [2.24, 2.45) is 0 Å². The molecule has 0 aliphatic carbocycles. The van der Waals surface area contributed by atoms with Crippen LogP contribution >= 0.6 is 35.6 Å². The van der Waals surface area contributed by atoms with Crippen molar-refractivity contribution in [2.75, 3.05) is 29.1 Å². The first-order chi connectivity index (χ1) is 18.1. The van der Waals surface area contributed by atoms with Crippen LogP contribution in [-0.2, 0) is 4.74 Å². The number of benzene rings is 3. The smallest absolute Gasteiger partial charge is 0.260 e. The molecule has 0 spiro atoms. The van der Waals surface area contributed by atoms with Crippen LogP contribution in [0.1, 0.15) is 40.1 Å². The van der Waals surface area contributed by atoms with E-state index in [1.165, 1.54) is 18.2 Å². The number of carbonyl (C=O) groups excluding carboxylic acids is 2. The third-order valence-corrected chi connectivity index (χ3v) is 6.36. The molecule has 0 fully saturated rings. The molecule has 8 nitrogen and oxygen atoms in total. The molecule has 0 unspecified atom stereocenters. The van der Waals surface area contributed by atoms with Crippen LogP contribution in [0.25, 0.3) is 11.0 Å². The zero-order valence-corrected chi connectivity index (χ0v) is 23.7. The van der Waals surface area contributed by atoms with E-state index in [-0.39, 0.29) is 40.3 Å². The lowest BCUT2D eigenvalue weighted by Crippen LogP contribution is -2.17. The third-order valence-electron chi connectivity index (χ3n) is 5.64. The van der Waals surface area contributed by atoms with Gasteiger partial charge in [0.25, 0.3) is 11.8 Å². The van der Waals surface area contributed by atoms with Gasteiger partial charge in [0.05, 0.1) is 34.4 Å². The molecule has 4 N–H and O–H groups in total. The Balaban J connectivity index is 0.00000420. The van der Waals surface area contributed by atoms with Crippen LogP contribution in [0, 0.1) is 12.7 Å². The molecule has 0 saturated heterocycles. The molecule has 1 aromatic heterocycles. The number of aromatic nitrogens is 2. The molecule has 0 saturated carbocycles. The van der Waals surface area contributed by atoms with E-state index in [1.54, 1.807) is 31.2 Å². The molecule has 1 heterocycles. The van der Waals surface area contributed by atoms with Crippen LogP contribution in [0.5, 0.6) is 0 Å². The van der Waals surface area contributed by atoms with Crippen molar-refractivity contribution in [1.29, 1.82) is 0 Å². The van der Waals surface area contributed by atoms with Gasteiger partial charge in [-0.25, -0.2) is 9.37 Å². The van der Waals surface area contributed by atoms with Gasteiger partial charge in [0.1, 0.15) is 11.3 Å². The molecule has 2 amide bonds. The number of ether oxygens (including phenoxy) is 1. The van der Waals surface area contributed by atoms with Crippen molar-refractivity contribution >= 4 is 75.8 Å². The van der Waals surface area contributed by atoms with Gasteiger partial charge in [0.15, 0.2) is 0 Å². The van der Waals surface area contributed by atoms with Gasteiger partial charge >= 0.3 is 0 Å². The van der Waals surface area contributed by atoms with E-state index in [2.05, 4.69) is 25.9 Å². The van der Waals surface area contributed by atoms with Gasteiger partial charge < -0.3 is 25.7 Å². The number of nitrogens with zero attached hydrogens (tertiary/aromatic N) is 1. The van der Waals surface area contributed by atoms with Crippen LogP contribution in [0.2, 0.25) is 10.0 Å². The summed E-state index contributed by atoms with van der Waals surface area (Å²) < 4.78 is 19.9. The molecule has 0 radical (unpaired) electrons. The lowest BCUT2D eigenvalue weighted by molar-refractivity contribution is 0.0869. The second-order valence-electron chi connectivity index (χ2n) is 8.77. The molecular weight excluding hydrogens is 568 g/mol. The number of hydrogen-bond donors (Lipinski definition) is 4. The Morgan fingerprint density at radius 1 is 1.05 bits per heavy atom. The number of carbonyl (C=O) groups is 2. The van der Waals surface area contributed by atoms with Gasteiger partial charge in [-0.2, -0.15) is 0 Å². The van der Waals surface area contributed by atoms with E-state index >= 15 is 0 Å². The highest BCUT2D eigenvalue weighted by Gasteiger charge is 2.20. The fourth-order valence-electron chi connectivity index (χ4n) is 3.75. The maximum Gasteiger partial charge on any atom is 0.260 e. The highest BCUT2D eigenvalue weighted by atomic mass is 35.5. The molecular formula is C27H27Cl3FN5O3. The SMILES string of the molecule is Cc1c(Cl)cccc1NC(=O)c1cc(NC(=O)c2c(F)cccc2Cl)cc2[nH]c(NCCOC(C)C)nc12.Cl. The Morgan fingerprint density at radius 3 is 2.49 bits per heavy atom. The Morgan fingerprint density at radius 2 is 1.77 bits per heavy atom. The molecule has 3 aromatic carbocycles. The molecule has 0 atom stereocenters. The largest absolute Gasteiger partial charge is 0.377 e. The van der Waals surface area contributed by atoms with Gasteiger partial charge in [-0.1, -0.05) is 35.3 Å². The molecule has 0 aliphatic rings. The van der Waals surface area contributed by atoms with Crippen LogP contribution in [0.3, 0.4) is 0 Å². The monoisotopic (exact) mass is 593 g/mol. The number of rotatable bonds is 9. The number of H-pyrrole nitrogens is 1. The first-order valence-corrected chi connectivity index (χ1v) is 12.6. The number of nitrogens with one attached hydrogen (secondary N) is 4. The lowest BCUT2D eigenvalue weighted by Gasteiger charge is -2.12. The first-order valence-electron chi connectivity index (χ1n) is 11.8. The van der Waals surface area contributed by atoms with Crippen molar-refractivity contribution in [2.45, 2.75) is 26.9 Å². The number of fused-ring (bicyclic) bond motifs is 1. The van der Waals surface area contributed by atoms with Crippen molar-refractivity contribution in [3.05, 3.63) is 81.1 Å². The van der Waals surface area contributed by atoms with Gasteiger partial charge in [-0.3, -0.25) is 9.59 Å². The predicted octanol–water partition coefficient (Wildman–Crippen LogP) is 7.08. The number of imidazole rings is 1. The standard InChI is InChI=1S/C27H26Cl2FN5O3.ClH/c1-14(2)38-11-10-31-27-34-22-13-16(32-26(37)23-19(29)7-4-8-20(23)30)12-17(24(22)35-27)25(36)33-21-9-5-6-18(28)15(21)3;/h4-9,12-14H,10-11H2,1-3H3,(H,32,37)(H,33,36)(H2,31,34,35);1H. The lowest BCUT2D eigenvalue weighted by atomic mass is 10.1. The van der Waals surface area contributed by atoms with E-state index in [4.69, 9.17) is 27.9 Å². The van der Waals surface area contributed by atoms with E-state index in [0.29, 0.717) is 46.4 Å². The molecule has 4 rings (SSSR count). The van der Waals surface area contributed by atoms with Crippen LogP contribution in [0.4, 0.5) is 21.7 Å². The number of aromatic amines is 1. The van der Waals surface area contributed by atoms with Gasteiger partial charge in [-0.15, -0.1) is 12.4 Å². The second kappa shape index (κ2) is 13.1. The van der Waals surface area contributed by atoms with Gasteiger partial charge in [0, 0.05) is 22.9 Å². The summed E-state index contributed by atoms with van der Waals surface area (Å²) in [4.78, 5) is 33.9. The van der Waals surface area contributed by atoms with Crippen molar-refractivity contribution in [3.63, 3.8) is 0 Å². The zero-order valence-electron chi connectivity index (χ0n) is 21.3. The quantitative estimate of drug-likeness (QED) is 0.155. The third kappa shape index (κ3) is 7.19. The Kier molecular flexibility index (Phi) is 10.2. The minimum Gasteiger partial charge on any atom is -0.377 e. The normalized spacial score (nSPS) is 10.8. The highest BCUT2D eigenvalue weighted by molar-refractivity contribution is 6.34. The second-order valence-corrected chi connectivity index (χ2v) is 9.58. The van der Waals surface area contributed by atoms with E-state index < -0.39 is 17.6 Å². The topological polar surface area (TPSA) is 108 Å². The van der Waals surface area contributed by atoms with Crippen LogP contribution in [-0.4, -0.2) is 41.0 Å². The fraction of sp³-hybridized carbons (Fsp3) is 0.222. The van der Waals surface area contributed by atoms with Crippen molar-refractivity contribution in [1.82, 2.24) is 9.97 Å². The van der Waals surface area contributed by atoms with E-state index in [9.17, 15) is 14.0 Å². The summed E-state index contributed by atoms with van der Waals surface area (Å²) in [6.45, 7) is 6.62. The molecule has 0 bridgehead atoms. The van der Waals surface area contributed by atoms with E-state index in [0.717, 1.165) is 6.07 Å². The molecule has 206 valence electrons. The van der Waals surface area contributed by atoms with Crippen LogP contribution in [0.15, 0.2) is 48.5 Å². The van der Waals surface area contributed by atoms with Crippen LogP contribution < -0.4 is 16.0 Å². The molecule has 12 heteroatoms. The summed E-state index contributed by atoms with van der Waals surface area (Å²) in [6.07, 6.45) is 0.0897. The molecule has 39 heavy (non-hydrogen) atoms. The van der Waals surface area contributed by atoms with Crippen molar-refractivity contribution in [3.8, 4) is 0 Å². The number of anilines is 3. The highest BCUT2D eigenvalue weighted by Crippen LogP contribution is 2.28. The molecule has 0 aliphatic heterocycles. The van der Waals surface area contributed by atoms with Gasteiger partial charge in [0.2, 0.25) is 5.95 Å². The summed E-state index contributed by atoms with van der Waals surface area (Å²) in [6, 6.07) is 12.2. The fourth-order valence-corrected chi connectivity index (χ4v) is 4.17. The number of hydrogen-bond acceptors (Lipinski definition) is 5. The van der Waals surface area contributed by atoms with Gasteiger partial charge in [-0.05, 0) is 62.7 Å². The summed E-state index contributed by atoms with van der Waals surface area (Å²) in [5.74, 6) is -1.57. The Labute approximate surface area is 241 Å². The van der Waals surface area contributed by atoms with E-state index in [1.807, 2.05) is 13.8 Å². The predicted molar refractivity (Wildman–Crippen MR) is 156 cm³/mol. The first kappa shape index (κ1) is 30.2. The molecule has 4 aromatic rings. The van der Waals surface area contributed by atoms with Crippen molar-refractivity contribution < 1.29 is 18.7 Å². The number of amides is 2. The minimum absolute atomic E-state index is 0.